The lowest BCUT2D eigenvalue weighted by Crippen LogP contribution is -2.65. The summed E-state index contributed by atoms with van der Waals surface area (Å²) in [6.07, 6.45) is 3.44. The smallest absolute Gasteiger partial charge is 0.282 e. The fourth-order valence-electron chi connectivity index (χ4n) is 3.51. The third-order valence-corrected chi connectivity index (χ3v) is 5.22. The molecule has 0 aliphatic carbocycles. The number of unbranched alkanes of at least 4 members (excludes halogenated alkanes) is 1. The van der Waals surface area contributed by atoms with Gasteiger partial charge in [0.25, 0.3) is 17.4 Å². The van der Waals surface area contributed by atoms with E-state index >= 15 is 0 Å². The Hall–Kier alpha value is -2.15. The van der Waals surface area contributed by atoms with Crippen molar-refractivity contribution in [2.45, 2.75) is 39.2 Å². The maximum absolute atomic E-state index is 13.2. The van der Waals surface area contributed by atoms with Crippen LogP contribution in [-0.2, 0) is 9.59 Å². The van der Waals surface area contributed by atoms with Crippen LogP contribution in [0.1, 0.15) is 33.6 Å². The summed E-state index contributed by atoms with van der Waals surface area (Å²) in [5.41, 5.74) is -1.53. The van der Waals surface area contributed by atoms with Gasteiger partial charge in [-0.05, 0) is 32.0 Å². The van der Waals surface area contributed by atoms with Gasteiger partial charge in [0.05, 0.1) is 0 Å². The van der Waals surface area contributed by atoms with Gasteiger partial charge < -0.3 is 14.5 Å². The number of nitrogens with zero attached hydrogens (tertiary/aromatic N) is 4. The van der Waals surface area contributed by atoms with Crippen molar-refractivity contribution in [3.05, 3.63) is 18.3 Å². The van der Waals surface area contributed by atoms with E-state index in [0.29, 0.717) is 31.2 Å². The maximum atomic E-state index is 13.2. The molecule has 1 saturated heterocycles. The van der Waals surface area contributed by atoms with E-state index < -0.39 is 5.60 Å². The second kappa shape index (κ2) is 7.61. The van der Waals surface area contributed by atoms with Gasteiger partial charge in [-0.15, -0.1) is 0 Å². The minimum absolute atomic E-state index is 0.255. The minimum Gasteiger partial charge on any atom is -0.464 e. The zero-order valence-electron chi connectivity index (χ0n) is 15.9. The van der Waals surface area contributed by atoms with Crippen LogP contribution in [0.3, 0.4) is 0 Å². The van der Waals surface area contributed by atoms with E-state index in [4.69, 9.17) is 4.74 Å². The average Bonchev–Trinajstić information content (AvgIpc) is 2.68. The molecule has 3 heterocycles. The number of hydrogen-bond donors (Lipinski definition) is 0. The molecule has 1 atom stereocenters. The SMILES string of the molecule is CCCCN1C(=O)[C@](C)(C(=O)N2CCN(CC)CC2)Oc2cccnc21. The Bertz CT molecular complexity index is 673. The summed E-state index contributed by atoms with van der Waals surface area (Å²) in [7, 11) is 0. The van der Waals surface area contributed by atoms with Crippen molar-refractivity contribution >= 4 is 17.6 Å². The molecule has 3 rings (SSSR count). The molecule has 0 radical (unpaired) electrons. The number of fused-ring (bicyclic) bond motifs is 1. The molecule has 7 nitrogen and oxygen atoms in total. The van der Waals surface area contributed by atoms with Gasteiger partial charge in [-0.1, -0.05) is 20.3 Å². The fraction of sp³-hybridized carbons (Fsp3) is 0.632. The van der Waals surface area contributed by atoms with Crippen LogP contribution in [-0.4, -0.2) is 71.5 Å². The molecule has 142 valence electrons. The van der Waals surface area contributed by atoms with E-state index in [-0.39, 0.29) is 11.8 Å². The van der Waals surface area contributed by atoms with Crippen molar-refractivity contribution in [2.75, 3.05) is 44.2 Å². The number of ether oxygens (including phenoxy) is 1. The first kappa shape index (κ1) is 18.6. The first-order valence-corrected chi connectivity index (χ1v) is 9.49. The Morgan fingerprint density at radius 3 is 2.65 bits per heavy atom. The number of pyridine rings is 1. The molecule has 1 aromatic rings. The van der Waals surface area contributed by atoms with Crippen molar-refractivity contribution < 1.29 is 14.3 Å². The molecule has 2 aliphatic heterocycles. The van der Waals surface area contributed by atoms with E-state index in [2.05, 4.69) is 23.7 Å². The lowest BCUT2D eigenvalue weighted by molar-refractivity contribution is -0.157. The normalized spacial score (nSPS) is 23.6. The predicted octanol–water partition coefficient (Wildman–Crippen LogP) is 1.53. The maximum Gasteiger partial charge on any atom is 0.282 e. The topological polar surface area (TPSA) is 66.0 Å². The van der Waals surface area contributed by atoms with E-state index in [0.717, 1.165) is 32.5 Å². The summed E-state index contributed by atoms with van der Waals surface area (Å²) in [4.78, 5) is 36.4. The van der Waals surface area contributed by atoms with Gasteiger partial charge in [-0.3, -0.25) is 14.5 Å². The molecule has 1 aromatic heterocycles. The van der Waals surface area contributed by atoms with Crippen LogP contribution in [0.5, 0.6) is 5.75 Å². The minimum atomic E-state index is -1.53. The monoisotopic (exact) mass is 360 g/mol. The molecular weight excluding hydrogens is 332 g/mol. The lowest BCUT2D eigenvalue weighted by Gasteiger charge is -2.42. The van der Waals surface area contributed by atoms with Crippen molar-refractivity contribution in [1.29, 1.82) is 0 Å². The second-order valence-corrected chi connectivity index (χ2v) is 7.00. The summed E-state index contributed by atoms with van der Waals surface area (Å²) < 4.78 is 5.95. The molecule has 0 unspecified atom stereocenters. The molecule has 1 fully saturated rings. The van der Waals surface area contributed by atoms with Gasteiger partial charge in [0.15, 0.2) is 11.6 Å². The summed E-state index contributed by atoms with van der Waals surface area (Å²) in [6, 6.07) is 3.53. The molecule has 0 aromatic carbocycles. The molecule has 26 heavy (non-hydrogen) atoms. The Morgan fingerprint density at radius 2 is 2.00 bits per heavy atom. The molecule has 0 saturated carbocycles. The van der Waals surface area contributed by atoms with E-state index in [1.165, 1.54) is 0 Å². The predicted molar refractivity (Wildman–Crippen MR) is 99.2 cm³/mol. The third-order valence-electron chi connectivity index (χ3n) is 5.22. The summed E-state index contributed by atoms with van der Waals surface area (Å²) in [6.45, 7) is 10.2. The number of likely N-dealkylation sites (N-methyl/N-ethyl adjacent to an activating group) is 1. The van der Waals surface area contributed by atoms with E-state index in [1.54, 1.807) is 35.1 Å². The van der Waals surface area contributed by atoms with Gasteiger partial charge in [0, 0.05) is 38.9 Å². The second-order valence-electron chi connectivity index (χ2n) is 7.00. The Balaban J connectivity index is 1.86. The number of aromatic nitrogens is 1. The number of rotatable bonds is 5. The summed E-state index contributed by atoms with van der Waals surface area (Å²) in [5, 5.41) is 0. The molecule has 0 bridgehead atoms. The number of carbonyl (C=O) groups is 2. The molecule has 0 N–H and O–H groups in total. The van der Waals surface area contributed by atoms with Gasteiger partial charge in [-0.2, -0.15) is 0 Å². The van der Waals surface area contributed by atoms with Crippen molar-refractivity contribution in [3.63, 3.8) is 0 Å². The van der Waals surface area contributed by atoms with Gasteiger partial charge in [0.1, 0.15) is 0 Å². The lowest BCUT2D eigenvalue weighted by atomic mass is 9.99. The molecule has 7 heteroatoms. The fourth-order valence-corrected chi connectivity index (χ4v) is 3.51. The summed E-state index contributed by atoms with van der Waals surface area (Å²) >= 11 is 0. The third kappa shape index (κ3) is 3.28. The van der Waals surface area contributed by atoms with Gasteiger partial charge in [0.2, 0.25) is 0 Å². The quantitative estimate of drug-likeness (QED) is 0.745. The van der Waals surface area contributed by atoms with Crippen molar-refractivity contribution in [2.24, 2.45) is 0 Å². The van der Waals surface area contributed by atoms with Crippen LogP contribution in [0.4, 0.5) is 5.82 Å². The molecular formula is C19H28N4O3. The Kier molecular flexibility index (Phi) is 5.46. The molecule has 2 amide bonds. The Morgan fingerprint density at radius 1 is 1.27 bits per heavy atom. The average molecular weight is 360 g/mol. The van der Waals surface area contributed by atoms with E-state index in [1.807, 2.05) is 0 Å². The molecule has 0 spiro atoms. The number of amides is 2. The standard InChI is InChI=1S/C19H28N4O3/c1-4-6-10-23-16-15(8-7-9-20-16)26-19(3,18(23)25)17(24)22-13-11-21(5-2)12-14-22/h7-9H,4-6,10-14H2,1-3H3/t19-/m0/s1. The van der Waals surface area contributed by atoms with Crippen LogP contribution in [0.15, 0.2) is 18.3 Å². The van der Waals surface area contributed by atoms with E-state index in [9.17, 15) is 9.59 Å². The zero-order valence-corrected chi connectivity index (χ0v) is 15.9. The summed E-state index contributed by atoms with van der Waals surface area (Å²) in [5.74, 6) is 0.424. The number of anilines is 1. The zero-order chi connectivity index (χ0) is 18.7. The number of piperazine rings is 1. The van der Waals surface area contributed by atoms with Gasteiger partial charge >= 0.3 is 0 Å². The van der Waals surface area contributed by atoms with Crippen LogP contribution in [0.25, 0.3) is 0 Å². The highest BCUT2D eigenvalue weighted by atomic mass is 16.5. The first-order chi connectivity index (χ1) is 12.5. The highest BCUT2D eigenvalue weighted by Crippen LogP contribution is 2.37. The number of hydrogen-bond acceptors (Lipinski definition) is 5. The first-order valence-electron chi connectivity index (χ1n) is 9.49. The van der Waals surface area contributed by atoms with Crippen LogP contribution in [0, 0.1) is 0 Å². The van der Waals surface area contributed by atoms with Crippen LogP contribution < -0.4 is 9.64 Å². The highest BCUT2D eigenvalue weighted by molar-refractivity contribution is 6.16. The Labute approximate surface area is 154 Å². The van der Waals surface area contributed by atoms with Crippen LogP contribution in [0.2, 0.25) is 0 Å². The largest absolute Gasteiger partial charge is 0.464 e. The van der Waals surface area contributed by atoms with Crippen LogP contribution >= 0.6 is 0 Å². The van der Waals surface area contributed by atoms with Gasteiger partial charge in [-0.25, -0.2) is 4.98 Å². The van der Waals surface area contributed by atoms with Crippen molar-refractivity contribution in [1.82, 2.24) is 14.8 Å². The number of carbonyl (C=O) groups excluding carboxylic acids is 2. The molecule has 2 aliphatic rings. The van der Waals surface area contributed by atoms with Crippen molar-refractivity contribution in [3.8, 4) is 5.75 Å². The highest BCUT2D eigenvalue weighted by Gasteiger charge is 2.52.